The summed E-state index contributed by atoms with van der Waals surface area (Å²) in [7, 11) is 3.04. The molecule has 0 fully saturated rings. The summed E-state index contributed by atoms with van der Waals surface area (Å²) in [6.07, 6.45) is 0. The van der Waals surface area contributed by atoms with E-state index in [0.29, 0.717) is 40.1 Å². The van der Waals surface area contributed by atoms with Crippen molar-refractivity contribution < 1.29 is 24.1 Å². The van der Waals surface area contributed by atoms with Gasteiger partial charge in [0.1, 0.15) is 5.75 Å². The van der Waals surface area contributed by atoms with Gasteiger partial charge in [0.2, 0.25) is 0 Å². The number of methoxy groups -OCH3 is 2. The van der Waals surface area contributed by atoms with E-state index in [2.05, 4.69) is 0 Å². The van der Waals surface area contributed by atoms with Crippen LogP contribution in [-0.2, 0) is 11.3 Å². The lowest BCUT2D eigenvalue weighted by Crippen LogP contribution is -2.10. The molecule has 3 aromatic carbocycles. The maximum Gasteiger partial charge on any atom is 0.341 e. The number of benzene rings is 3. The van der Waals surface area contributed by atoms with Crippen molar-refractivity contribution >= 4 is 17.6 Å². The number of halogens is 1. The Kier molecular flexibility index (Phi) is 7.04. The largest absolute Gasteiger partial charge is 0.493 e. The van der Waals surface area contributed by atoms with Crippen molar-refractivity contribution in [2.45, 2.75) is 6.54 Å². The molecule has 0 bridgehead atoms. The molecule has 7 nitrogen and oxygen atoms in total. The van der Waals surface area contributed by atoms with Gasteiger partial charge in [-0.25, -0.2) is 4.79 Å². The highest BCUT2D eigenvalue weighted by molar-refractivity contribution is 6.30. The molecule has 0 radical (unpaired) electrons. The van der Waals surface area contributed by atoms with Crippen LogP contribution in [0.3, 0.4) is 0 Å². The van der Waals surface area contributed by atoms with Gasteiger partial charge in [0.25, 0.3) is 0 Å². The summed E-state index contributed by atoms with van der Waals surface area (Å²) < 4.78 is 18.3. The summed E-state index contributed by atoms with van der Waals surface area (Å²) in [4.78, 5) is 11.2. The lowest BCUT2D eigenvalue weighted by atomic mass is 10.1. The molecule has 0 aliphatic rings. The van der Waals surface area contributed by atoms with Crippen LogP contribution in [0.4, 0.5) is 0 Å². The van der Waals surface area contributed by atoms with Crippen LogP contribution in [0.15, 0.2) is 72.8 Å². The number of aliphatic carboxylic acids is 1. The summed E-state index contributed by atoms with van der Waals surface area (Å²) in [6.45, 7) is 0.0364. The molecule has 0 aliphatic heterocycles. The van der Waals surface area contributed by atoms with Gasteiger partial charge in [-0.2, -0.15) is 5.10 Å². The van der Waals surface area contributed by atoms with Crippen molar-refractivity contribution in [2.24, 2.45) is 0 Å². The normalized spacial score (nSPS) is 10.7. The van der Waals surface area contributed by atoms with Gasteiger partial charge in [0.05, 0.1) is 32.2 Å². The first-order valence-corrected chi connectivity index (χ1v) is 10.8. The van der Waals surface area contributed by atoms with Crippen molar-refractivity contribution in [3.05, 3.63) is 83.4 Å². The molecule has 0 amide bonds. The lowest BCUT2D eigenvalue weighted by Gasteiger charge is -2.14. The van der Waals surface area contributed by atoms with Gasteiger partial charge in [-0.05, 0) is 35.4 Å². The van der Waals surface area contributed by atoms with Gasteiger partial charge in [0, 0.05) is 16.7 Å². The van der Waals surface area contributed by atoms with Crippen molar-refractivity contribution in [2.75, 3.05) is 20.8 Å². The van der Waals surface area contributed by atoms with Crippen molar-refractivity contribution in [3.63, 3.8) is 0 Å². The third kappa shape index (κ3) is 5.15. The van der Waals surface area contributed by atoms with Crippen molar-refractivity contribution in [3.8, 4) is 39.8 Å². The first-order valence-electron chi connectivity index (χ1n) is 10.5. The third-order valence-electron chi connectivity index (χ3n) is 5.21. The molecule has 0 unspecified atom stereocenters. The van der Waals surface area contributed by atoms with E-state index in [9.17, 15) is 4.79 Å². The molecule has 1 N–H and O–H groups in total. The average molecular weight is 479 g/mol. The molecule has 1 heterocycles. The van der Waals surface area contributed by atoms with E-state index >= 15 is 0 Å². The molecule has 0 spiro atoms. The Morgan fingerprint density at radius 3 is 2.26 bits per heavy atom. The Morgan fingerprint density at radius 2 is 1.62 bits per heavy atom. The number of ether oxygens (including phenoxy) is 3. The second-order valence-electron chi connectivity index (χ2n) is 7.45. The zero-order valence-electron chi connectivity index (χ0n) is 18.7. The van der Waals surface area contributed by atoms with E-state index in [0.717, 1.165) is 16.8 Å². The second kappa shape index (κ2) is 10.3. The molecular formula is C26H23ClN2O5. The maximum atomic E-state index is 11.2. The molecule has 4 aromatic rings. The monoisotopic (exact) mass is 478 g/mol. The van der Waals surface area contributed by atoms with Crippen LogP contribution >= 0.6 is 11.6 Å². The molecular weight excluding hydrogens is 456 g/mol. The van der Waals surface area contributed by atoms with E-state index in [1.165, 1.54) is 14.2 Å². The molecule has 0 saturated carbocycles. The molecule has 8 heteroatoms. The molecule has 174 valence electrons. The van der Waals surface area contributed by atoms with E-state index < -0.39 is 12.6 Å². The summed E-state index contributed by atoms with van der Waals surface area (Å²) in [5.41, 5.74) is 4.08. The number of hydrogen-bond donors (Lipinski definition) is 1. The van der Waals surface area contributed by atoms with E-state index in [1.54, 1.807) is 12.1 Å². The van der Waals surface area contributed by atoms with Crippen LogP contribution in [0.1, 0.15) is 5.56 Å². The fourth-order valence-electron chi connectivity index (χ4n) is 3.60. The summed E-state index contributed by atoms with van der Waals surface area (Å²) in [6, 6.07) is 22.8. The highest BCUT2D eigenvalue weighted by atomic mass is 35.5. The van der Waals surface area contributed by atoms with Crippen LogP contribution in [0.2, 0.25) is 5.02 Å². The standard InChI is InChI=1S/C26H23ClN2O5/c1-32-24-12-20(23(14-25(24)33-2)34-16-26(30)31)21-13-22(18-8-10-19(27)11-9-18)29(28-21)15-17-6-4-3-5-7-17/h3-14H,15-16H2,1-2H3,(H,30,31). The van der Waals surface area contributed by atoms with E-state index in [-0.39, 0.29) is 0 Å². The van der Waals surface area contributed by atoms with Crippen LogP contribution in [0.5, 0.6) is 17.2 Å². The Hall–Kier alpha value is -3.97. The Labute approximate surface area is 202 Å². The smallest absolute Gasteiger partial charge is 0.341 e. The zero-order valence-corrected chi connectivity index (χ0v) is 19.5. The van der Waals surface area contributed by atoms with Gasteiger partial charge in [-0.1, -0.05) is 54.1 Å². The predicted molar refractivity (Wildman–Crippen MR) is 130 cm³/mol. The fraction of sp³-hybridized carbons (Fsp3) is 0.154. The van der Waals surface area contributed by atoms with Gasteiger partial charge in [0.15, 0.2) is 18.1 Å². The van der Waals surface area contributed by atoms with Crippen LogP contribution in [0, 0.1) is 0 Å². The molecule has 34 heavy (non-hydrogen) atoms. The number of aromatic nitrogens is 2. The number of hydrogen-bond acceptors (Lipinski definition) is 5. The highest BCUT2D eigenvalue weighted by Gasteiger charge is 2.19. The van der Waals surface area contributed by atoms with Crippen LogP contribution in [-0.4, -0.2) is 41.7 Å². The Morgan fingerprint density at radius 1 is 0.941 bits per heavy atom. The first-order chi connectivity index (χ1) is 16.5. The topological polar surface area (TPSA) is 82.8 Å². The molecule has 0 atom stereocenters. The SMILES string of the molecule is COc1cc(OCC(=O)O)c(-c2cc(-c3ccc(Cl)cc3)n(Cc3ccccc3)n2)cc1OC. The minimum atomic E-state index is -1.09. The molecule has 1 aromatic heterocycles. The van der Waals surface area contributed by atoms with Crippen LogP contribution < -0.4 is 14.2 Å². The maximum absolute atomic E-state index is 11.2. The summed E-state index contributed by atoms with van der Waals surface area (Å²) in [5, 5.41) is 14.6. The Bertz CT molecular complexity index is 1290. The van der Waals surface area contributed by atoms with Gasteiger partial charge >= 0.3 is 5.97 Å². The van der Waals surface area contributed by atoms with Gasteiger partial charge in [-0.15, -0.1) is 0 Å². The minimum Gasteiger partial charge on any atom is -0.493 e. The highest BCUT2D eigenvalue weighted by Crippen LogP contribution is 2.41. The molecule has 0 aliphatic carbocycles. The van der Waals surface area contributed by atoms with E-state index in [4.69, 9.17) is 36.0 Å². The predicted octanol–water partition coefficient (Wildman–Crippen LogP) is 5.40. The number of nitrogens with zero attached hydrogens (tertiary/aromatic N) is 2. The van der Waals surface area contributed by atoms with Crippen molar-refractivity contribution in [1.82, 2.24) is 9.78 Å². The zero-order chi connectivity index (χ0) is 24.1. The number of carbonyl (C=O) groups is 1. The minimum absolute atomic E-state index is 0.326. The molecule has 0 saturated heterocycles. The molecule has 4 rings (SSSR count). The first kappa shape index (κ1) is 23.2. The second-order valence-corrected chi connectivity index (χ2v) is 7.89. The third-order valence-corrected chi connectivity index (χ3v) is 5.46. The number of carboxylic acid groups (broad SMARTS) is 1. The van der Waals surface area contributed by atoms with Gasteiger partial charge < -0.3 is 19.3 Å². The van der Waals surface area contributed by atoms with Gasteiger partial charge in [-0.3, -0.25) is 4.68 Å². The fourth-order valence-corrected chi connectivity index (χ4v) is 3.72. The Balaban J connectivity index is 1.85. The summed E-state index contributed by atoms with van der Waals surface area (Å²) in [5.74, 6) is 0.142. The number of rotatable bonds is 9. The van der Waals surface area contributed by atoms with E-state index in [1.807, 2.05) is 65.3 Å². The quantitative estimate of drug-likeness (QED) is 0.347. The van der Waals surface area contributed by atoms with Crippen molar-refractivity contribution in [1.29, 1.82) is 0 Å². The lowest BCUT2D eigenvalue weighted by molar-refractivity contribution is -0.139. The average Bonchev–Trinajstić information content (AvgIpc) is 3.26. The van der Waals surface area contributed by atoms with Crippen LogP contribution in [0.25, 0.3) is 22.5 Å². The summed E-state index contributed by atoms with van der Waals surface area (Å²) >= 11 is 6.10. The number of carboxylic acids is 1.